The van der Waals surface area contributed by atoms with E-state index in [0.29, 0.717) is 21.5 Å². The summed E-state index contributed by atoms with van der Waals surface area (Å²) in [5.41, 5.74) is 0.272. The number of nitrogens with one attached hydrogen (secondary N) is 1. The highest BCUT2D eigenvalue weighted by Crippen LogP contribution is 2.17. The van der Waals surface area contributed by atoms with Crippen molar-refractivity contribution < 1.29 is 14.5 Å². The molecule has 0 aliphatic heterocycles. The molecule has 27 heavy (non-hydrogen) atoms. The Hall–Kier alpha value is -3.52. The maximum atomic E-state index is 12.3. The zero-order valence-corrected chi connectivity index (χ0v) is 15.0. The number of carbonyl (C=O) groups is 1. The van der Waals surface area contributed by atoms with E-state index in [2.05, 4.69) is 4.98 Å². The topological polar surface area (TPSA) is 102 Å². The number of nitrogens with zero attached hydrogens (tertiary/aromatic N) is 1. The van der Waals surface area contributed by atoms with Crippen molar-refractivity contribution in [1.82, 2.24) is 4.98 Å². The number of rotatable bonds is 5. The molecule has 0 atom stereocenters. The average Bonchev–Trinajstić information content (AvgIpc) is 3.01. The average molecular weight is 382 g/mol. The molecule has 3 aromatic rings. The Balaban J connectivity index is 1.99. The van der Waals surface area contributed by atoms with E-state index in [1.54, 1.807) is 42.5 Å². The minimum atomic E-state index is -0.506. The van der Waals surface area contributed by atoms with E-state index in [1.807, 2.05) is 0 Å². The van der Waals surface area contributed by atoms with Gasteiger partial charge < -0.3 is 9.72 Å². The first-order chi connectivity index (χ1) is 13.0. The smallest absolute Gasteiger partial charge is 0.276 e. The number of nitro groups is 1. The molecule has 2 aromatic carbocycles. The first-order valence-corrected chi connectivity index (χ1v) is 8.64. The van der Waals surface area contributed by atoms with Gasteiger partial charge in [0.1, 0.15) is 5.75 Å². The van der Waals surface area contributed by atoms with Gasteiger partial charge >= 0.3 is 0 Å². The number of hydrogen-bond donors (Lipinski definition) is 1. The van der Waals surface area contributed by atoms with Crippen LogP contribution in [0.3, 0.4) is 0 Å². The van der Waals surface area contributed by atoms with Crippen LogP contribution in [0.1, 0.15) is 15.9 Å². The predicted molar refractivity (Wildman–Crippen MR) is 103 cm³/mol. The molecule has 7 nitrogen and oxygen atoms in total. The van der Waals surface area contributed by atoms with Gasteiger partial charge in [-0.2, -0.15) is 0 Å². The number of carbonyl (C=O) groups excluding carboxylic acids is 1. The molecule has 136 valence electrons. The first kappa shape index (κ1) is 18.3. The number of para-hydroxylation sites is 1. The fourth-order valence-electron chi connectivity index (χ4n) is 2.40. The molecule has 0 amide bonds. The van der Waals surface area contributed by atoms with E-state index >= 15 is 0 Å². The van der Waals surface area contributed by atoms with Crippen molar-refractivity contribution in [3.8, 4) is 5.75 Å². The second kappa shape index (κ2) is 7.79. The number of Topliss-reactive ketones (excluding diaryl/α,β-unsaturated/α-hetero) is 1. The number of H-pyrrole nitrogens is 1. The van der Waals surface area contributed by atoms with E-state index in [0.717, 1.165) is 11.3 Å². The van der Waals surface area contributed by atoms with Crippen LogP contribution in [0.25, 0.3) is 12.2 Å². The number of aromatic nitrogens is 1. The van der Waals surface area contributed by atoms with Gasteiger partial charge in [-0.25, -0.2) is 0 Å². The monoisotopic (exact) mass is 382 g/mol. The maximum absolute atomic E-state index is 12.3. The summed E-state index contributed by atoms with van der Waals surface area (Å²) in [6.07, 6.45) is 2.77. The second-order valence-electron chi connectivity index (χ2n) is 5.48. The highest BCUT2D eigenvalue weighted by molar-refractivity contribution is 7.07. The maximum Gasteiger partial charge on any atom is 0.276 e. The van der Waals surface area contributed by atoms with E-state index in [4.69, 9.17) is 4.74 Å². The lowest BCUT2D eigenvalue weighted by Gasteiger charge is -1.99. The highest BCUT2D eigenvalue weighted by atomic mass is 32.1. The van der Waals surface area contributed by atoms with E-state index in [9.17, 15) is 19.7 Å². The summed E-state index contributed by atoms with van der Waals surface area (Å²) in [5.74, 6) is 0.366. The van der Waals surface area contributed by atoms with Gasteiger partial charge in [0.05, 0.1) is 26.8 Å². The molecule has 3 rings (SSSR count). The normalized spacial score (nSPS) is 12.2. The summed E-state index contributed by atoms with van der Waals surface area (Å²) in [5, 5.41) is 11.1. The number of aromatic amines is 1. The molecule has 0 saturated carbocycles. The SMILES string of the molecule is COc1ccc(C(=O)/C=c2\[nH]c(=O)/c(=C\c3ccccc3[N+](=O)[O-])s2)cc1. The molecule has 8 heteroatoms. The van der Waals surface area contributed by atoms with Crippen LogP contribution in [0.5, 0.6) is 5.75 Å². The molecule has 1 N–H and O–H groups in total. The van der Waals surface area contributed by atoms with E-state index in [-0.39, 0.29) is 16.0 Å². The van der Waals surface area contributed by atoms with Gasteiger partial charge in [-0.05, 0) is 36.4 Å². The standard InChI is InChI=1S/C19H14N2O5S/c1-26-14-8-6-12(7-9-14)16(22)11-18-20-19(23)17(27-18)10-13-4-2-3-5-15(13)21(24)25/h2-11H,1H3,(H,20,23)/b17-10+,18-11+. The number of hydrogen-bond acceptors (Lipinski definition) is 6. The van der Waals surface area contributed by atoms with Crippen LogP contribution in [0.15, 0.2) is 53.3 Å². The van der Waals surface area contributed by atoms with Crippen molar-refractivity contribution in [2.75, 3.05) is 7.11 Å². The Morgan fingerprint density at radius 2 is 1.89 bits per heavy atom. The van der Waals surface area contributed by atoms with Gasteiger partial charge in [0.2, 0.25) is 0 Å². The van der Waals surface area contributed by atoms with Crippen LogP contribution in [-0.4, -0.2) is 22.8 Å². The van der Waals surface area contributed by atoms with Crippen LogP contribution < -0.4 is 19.5 Å². The zero-order valence-electron chi connectivity index (χ0n) is 14.2. The van der Waals surface area contributed by atoms with Crippen molar-refractivity contribution in [2.45, 2.75) is 0 Å². The Morgan fingerprint density at radius 1 is 1.19 bits per heavy atom. The molecular weight excluding hydrogens is 368 g/mol. The van der Waals surface area contributed by atoms with E-state index in [1.165, 1.54) is 25.3 Å². The minimum Gasteiger partial charge on any atom is -0.497 e. The van der Waals surface area contributed by atoms with Gasteiger partial charge in [-0.3, -0.25) is 19.7 Å². The lowest BCUT2D eigenvalue weighted by Crippen LogP contribution is -2.20. The highest BCUT2D eigenvalue weighted by Gasteiger charge is 2.10. The van der Waals surface area contributed by atoms with Crippen molar-refractivity contribution in [1.29, 1.82) is 0 Å². The number of ketones is 1. The van der Waals surface area contributed by atoms with Gasteiger partial charge in [-0.15, -0.1) is 11.3 Å². The molecule has 0 bridgehead atoms. The van der Waals surface area contributed by atoms with Crippen molar-refractivity contribution >= 4 is 35.0 Å². The quantitative estimate of drug-likeness (QED) is 0.412. The molecule has 0 unspecified atom stereocenters. The lowest BCUT2D eigenvalue weighted by atomic mass is 10.1. The van der Waals surface area contributed by atoms with Gasteiger partial charge in [0, 0.05) is 17.7 Å². The molecule has 1 heterocycles. The van der Waals surface area contributed by atoms with Crippen LogP contribution in [-0.2, 0) is 0 Å². The molecule has 0 aliphatic rings. The second-order valence-corrected chi connectivity index (χ2v) is 6.57. The Morgan fingerprint density at radius 3 is 2.56 bits per heavy atom. The number of methoxy groups -OCH3 is 1. The van der Waals surface area contributed by atoms with Crippen LogP contribution in [0, 0.1) is 10.1 Å². The minimum absolute atomic E-state index is 0.0925. The van der Waals surface area contributed by atoms with E-state index < -0.39 is 10.5 Å². The molecular formula is C19H14N2O5S. The third kappa shape index (κ3) is 4.18. The van der Waals surface area contributed by atoms with Gasteiger partial charge in [0.25, 0.3) is 11.2 Å². The first-order valence-electron chi connectivity index (χ1n) is 7.82. The number of benzene rings is 2. The molecule has 0 radical (unpaired) electrons. The largest absolute Gasteiger partial charge is 0.497 e. The summed E-state index contributed by atoms with van der Waals surface area (Å²) in [6.45, 7) is 0. The van der Waals surface area contributed by atoms with Gasteiger partial charge in [-0.1, -0.05) is 12.1 Å². The number of nitro benzene ring substituents is 1. The summed E-state index contributed by atoms with van der Waals surface area (Å²) in [4.78, 5) is 37.6. The third-order valence-electron chi connectivity index (χ3n) is 3.74. The molecule has 0 aliphatic carbocycles. The lowest BCUT2D eigenvalue weighted by molar-refractivity contribution is -0.385. The fraction of sp³-hybridized carbons (Fsp3) is 0.0526. The summed E-state index contributed by atoms with van der Waals surface area (Å²) in [7, 11) is 1.54. The van der Waals surface area contributed by atoms with Crippen LogP contribution in [0.4, 0.5) is 5.69 Å². The molecule has 0 spiro atoms. The Labute approximate surface area is 157 Å². The van der Waals surface area contributed by atoms with Crippen LogP contribution >= 0.6 is 11.3 Å². The zero-order chi connectivity index (χ0) is 19.4. The number of thiazole rings is 1. The molecule has 0 saturated heterocycles. The van der Waals surface area contributed by atoms with Gasteiger partial charge in [0.15, 0.2) is 5.78 Å². The Kier molecular flexibility index (Phi) is 5.28. The fourth-order valence-corrected chi connectivity index (χ4v) is 3.28. The summed E-state index contributed by atoms with van der Waals surface area (Å²) >= 11 is 1.06. The van der Waals surface area contributed by atoms with Crippen molar-refractivity contribution in [2.24, 2.45) is 0 Å². The van der Waals surface area contributed by atoms with Crippen molar-refractivity contribution in [3.63, 3.8) is 0 Å². The molecule has 0 fully saturated rings. The number of ether oxygens (including phenoxy) is 1. The van der Waals surface area contributed by atoms with Crippen molar-refractivity contribution in [3.05, 3.63) is 89.3 Å². The summed E-state index contributed by atoms with van der Waals surface area (Å²) < 4.78 is 5.69. The predicted octanol–water partition coefficient (Wildman–Crippen LogP) is 1.85. The molecule has 1 aromatic heterocycles. The van der Waals surface area contributed by atoms with Crippen LogP contribution in [0.2, 0.25) is 0 Å². The summed E-state index contributed by atoms with van der Waals surface area (Å²) in [6, 6.07) is 12.7. The third-order valence-corrected chi connectivity index (χ3v) is 4.70. The Bertz CT molecular complexity index is 1180.